The van der Waals surface area contributed by atoms with E-state index in [1.54, 1.807) is 6.26 Å². The van der Waals surface area contributed by atoms with E-state index < -0.39 is 0 Å². The monoisotopic (exact) mass is 258 g/mol. The molecule has 0 spiro atoms. The van der Waals surface area contributed by atoms with E-state index in [0.29, 0.717) is 25.3 Å². The van der Waals surface area contributed by atoms with E-state index in [-0.39, 0.29) is 5.91 Å². The highest BCUT2D eigenvalue weighted by molar-refractivity contribution is 5.76. The van der Waals surface area contributed by atoms with Gasteiger partial charge in [0.2, 0.25) is 5.91 Å². The van der Waals surface area contributed by atoms with Gasteiger partial charge in [0, 0.05) is 26.3 Å². The van der Waals surface area contributed by atoms with Crippen LogP contribution >= 0.6 is 0 Å². The lowest BCUT2D eigenvalue weighted by molar-refractivity contribution is -0.121. The molecule has 0 atom stereocenters. The van der Waals surface area contributed by atoms with Gasteiger partial charge in [-0.15, -0.1) is 0 Å². The number of hydrogen-bond acceptors (Lipinski definition) is 3. The van der Waals surface area contributed by atoms with Crippen LogP contribution in [0.4, 0.5) is 0 Å². The summed E-state index contributed by atoms with van der Waals surface area (Å²) < 4.78 is 5.10. The summed E-state index contributed by atoms with van der Waals surface area (Å²) in [6.45, 7) is 2.40. The third-order valence-corrected chi connectivity index (χ3v) is 2.85. The van der Waals surface area contributed by atoms with Crippen LogP contribution in [0.3, 0.4) is 0 Å². The van der Waals surface area contributed by atoms with E-state index in [1.165, 1.54) is 5.56 Å². The standard InChI is InChI=1S/C15H18N2O2/c1-12-17-14(11-19-12)9-10-16-15(18)8-7-13-5-3-2-4-6-13/h2-6,11H,7-10H2,1H3,(H,16,18). The summed E-state index contributed by atoms with van der Waals surface area (Å²) >= 11 is 0. The van der Waals surface area contributed by atoms with Gasteiger partial charge >= 0.3 is 0 Å². The minimum Gasteiger partial charge on any atom is -0.449 e. The molecule has 0 aliphatic rings. The average Bonchev–Trinajstić information content (AvgIpc) is 2.83. The van der Waals surface area contributed by atoms with Crippen LogP contribution in [0.2, 0.25) is 0 Å². The van der Waals surface area contributed by atoms with Gasteiger partial charge in [0.15, 0.2) is 5.89 Å². The Morgan fingerprint density at radius 3 is 2.74 bits per heavy atom. The molecular formula is C15H18N2O2. The predicted octanol–water partition coefficient (Wildman–Crippen LogP) is 2.27. The summed E-state index contributed by atoms with van der Waals surface area (Å²) in [5, 5.41) is 2.89. The zero-order valence-electron chi connectivity index (χ0n) is 11.1. The van der Waals surface area contributed by atoms with E-state index >= 15 is 0 Å². The molecule has 4 nitrogen and oxygen atoms in total. The van der Waals surface area contributed by atoms with Gasteiger partial charge in [-0.2, -0.15) is 0 Å². The molecule has 4 heteroatoms. The number of nitrogens with one attached hydrogen (secondary N) is 1. The highest BCUT2D eigenvalue weighted by Crippen LogP contribution is 2.03. The molecule has 1 amide bonds. The van der Waals surface area contributed by atoms with E-state index in [4.69, 9.17) is 4.42 Å². The molecule has 0 unspecified atom stereocenters. The van der Waals surface area contributed by atoms with Crippen molar-refractivity contribution in [3.8, 4) is 0 Å². The van der Waals surface area contributed by atoms with Gasteiger partial charge in [-0.1, -0.05) is 30.3 Å². The van der Waals surface area contributed by atoms with Crippen molar-refractivity contribution in [2.45, 2.75) is 26.2 Å². The lowest BCUT2D eigenvalue weighted by Crippen LogP contribution is -2.25. The Balaban J connectivity index is 1.65. The maximum atomic E-state index is 11.7. The molecule has 1 heterocycles. The molecule has 2 aromatic rings. The van der Waals surface area contributed by atoms with E-state index in [2.05, 4.69) is 10.3 Å². The van der Waals surface area contributed by atoms with Crippen LogP contribution in [0.1, 0.15) is 23.6 Å². The number of aromatic nitrogens is 1. The van der Waals surface area contributed by atoms with Crippen LogP contribution in [0.5, 0.6) is 0 Å². The van der Waals surface area contributed by atoms with Gasteiger partial charge in [0.1, 0.15) is 6.26 Å². The first-order valence-electron chi connectivity index (χ1n) is 6.45. The Morgan fingerprint density at radius 1 is 1.26 bits per heavy atom. The molecule has 100 valence electrons. The highest BCUT2D eigenvalue weighted by atomic mass is 16.3. The number of amides is 1. The maximum absolute atomic E-state index is 11.7. The molecule has 0 bridgehead atoms. The average molecular weight is 258 g/mol. The van der Waals surface area contributed by atoms with Gasteiger partial charge in [0.05, 0.1) is 5.69 Å². The topological polar surface area (TPSA) is 55.1 Å². The fourth-order valence-electron chi connectivity index (χ4n) is 1.84. The van der Waals surface area contributed by atoms with Crippen LogP contribution in [-0.4, -0.2) is 17.4 Å². The number of benzene rings is 1. The third-order valence-electron chi connectivity index (χ3n) is 2.85. The first-order chi connectivity index (χ1) is 9.24. The molecule has 19 heavy (non-hydrogen) atoms. The first kappa shape index (κ1) is 13.3. The summed E-state index contributed by atoms with van der Waals surface area (Å²) in [5.74, 6) is 0.731. The molecule has 0 saturated heterocycles. The Kier molecular flexibility index (Phi) is 4.72. The number of carbonyl (C=O) groups is 1. The largest absolute Gasteiger partial charge is 0.449 e. The zero-order valence-corrected chi connectivity index (χ0v) is 11.1. The predicted molar refractivity (Wildman–Crippen MR) is 72.7 cm³/mol. The SMILES string of the molecule is Cc1nc(CCNC(=O)CCc2ccccc2)co1. The molecule has 2 rings (SSSR count). The lowest BCUT2D eigenvalue weighted by atomic mass is 10.1. The molecule has 0 aliphatic heterocycles. The maximum Gasteiger partial charge on any atom is 0.220 e. The minimum absolute atomic E-state index is 0.0732. The second-order valence-corrected chi connectivity index (χ2v) is 4.44. The van der Waals surface area contributed by atoms with Crippen molar-refractivity contribution in [2.24, 2.45) is 0 Å². The smallest absolute Gasteiger partial charge is 0.220 e. The number of hydrogen-bond donors (Lipinski definition) is 1. The minimum atomic E-state index is 0.0732. The van der Waals surface area contributed by atoms with Gasteiger partial charge in [0.25, 0.3) is 0 Å². The van der Waals surface area contributed by atoms with Crippen molar-refractivity contribution < 1.29 is 9.21 Å². The molecule has 0 aliphatic carbocycles. The number of rotatable bonds is 6. The fourth-order valence-corrected chi connectivity index (χ4v) is 1.84. The zero-order chi connectivity index (χ0) is 13.5. The molecule has 0 saturated carbocycles. The van der Waals surface area contributed by atoms with Crippen molar-refractivity contribution in [2.75, 3.05) is 6.54 Å². The summed E-state index contributed by atoms with van der Waals surface area (Å²) in [5.41, 5.74) is 2.06. The Bertz CT molecular complexity index is 520. The molecular weight excluding hydrogens is 240 g/mol. The first-order valence-corrected chi connectivity index (χ1v) is 6.45. The van der Waals surface area contributed by atoms with Crippen molar-refractivity contribution in [3.05, 3.63) is 53.7 Å². The van der Waals surface area contributed by atoms with Gasteiger partial charge in [-0.05, 0) is 12.0 Å². The molecule has 1 aromatic carbocycles. The van der Waals surface area contributed by atoms with E-state index in [9.17, 15) is 4.79 Å². The summed E-state index contributed by atoms with van der Waals surface area (Å²) in [4.78, 5) is 15.8. The van der Waals surface area contributed by atoms with Crippen molar-refractivity contribution in [3.63, 3.8) is 0 Å². The van der Waals surface area contributed by atoms with E-state index in [0.717, 1.165) is 12.1 Å². The normalized spacial score (nSPS) is 10.4. The Labute approximate surface area is 112 Å². The second kappa shape index (κ2) is 6.73. The quantitative estimate of drug-likeness (QED) is 0.864. The summed E-state index contributed by atoms with van der Waals surface area (Å²) in [6.07, 6.45) is 3.62. The van der Waals surface area contributed by atoms with Crippen LogP contribution < -0.4 is 5.32 Å². The van der Waals surface area contributed by atoms with Crippen molar-refractivity contribution in [1.29, 1.82) is 0 Å². The summed E-state index contributed by atoms with van der Waals surface area (Å²) in [6, 6.07) is 10.0. The van der Waals surface area contributed by atoms with Crippen molar-refractivity contribution >= 4 is 5.91 Å². The highest BCUT2D eigenvalue weighted by Gasteiger charge is 2.03. The summed E-state index contributed by atoms with van der Waals surface area (Å²) in [7, 11) is 0. The van der Waals surface area contributed by atoms with Gasteiger partial charge in [-0.25, -0.2) is 4.98 Å². The molecule has 0 radical (unpaired) electrons. The Hall–Kier alpha value is -2.10. The number of carbonyl (C=O) groups excluding carboxylic acids is 1. The second-order valence-electron chi connectivity index (χ2n) is 4.44. The van der Waals surface area contributed by atoms with Gasteiger partial charge < -0.3 is 9.73 Å². The van der Waals surface area contributed by atoms with Crippen LogP contribution in [-0.2, 0) is 17.6 Å². The van der Waals surface area contributed by atoms with Crippen molar-refractivity contribution in [1.82, 2.24) is 10.3 Å². The molecule has 1 aromatic heterocycles. The number of nitrogens with zero attached hydrogens (tertiary/aromatic N) is 1. The Morgan fingerprint density at radius 2 is 2.05 bits per heavy atom. The van der Waals surface area contributed by atoms with Crippen LogP contribution in [0, 0.1) is 6.92 Å². The third kappa shape index (κ3) is 4.58. The lowest BCUT2D eigenvalue weighted by Gasteiger charge is -2.04. The van der Waals surface area contributed by atoms with Gasteiger partial charge in [-0.3, -0.25) is 4.79 Å². The number of aryl methyl sites for hydroxylation is 2. The molecule has 0 fully saturated rings. The van der Waals surface area contributed by atoms with Crippen LogP contribution in [0.25, 0.3) is 0 Å². The van der Waals surface area contributed by atoms with Crippen LogP contribution in [0.15, 0.2) is 41.0 Å². The molecule has 1 N–H and O–H groups in total. The fraction of sp³-hybridized carbons (Fsp3) is 0.333. The number of oxazole rings is 1. The van der Waals surface area contributed by atoms with E-state index in [1.807, 2.05) is 37.3 Å².